The van der Waals surface area contributed by atoms with Gasteiger partial charge in [0.25, 0.3) is 0 Å². The van der Waals surface area contributed by atoms with Gasteiger partial charge < -0.3 is 20.3 Å². The minimum Gasteiger partial charge on any atom is -0.383 e. The maximum Gasteiger partial charge on any atom is 0.191 e. The van der Waals surface area contributed by atoms with Crippen molar-refractivity contribution in [2.75, 3.05) is 45.3 Å². The molecule has 21 heavy (non-hydrogen) atoms. The topological polar surface area (TPSA) is 48.9 Å². The monoisotopic (exact) mass is 354 g/mol. The van der Waals surface area contributed by atoms with E-state index in [1.165, 1.54) is 5.69 Å². The average Bonchev–Trinajstić information content (AvgIpc) is 2.95. The molecule has 1 heterocycles. The van der Waals surface area contributed by atoms with Gasteiger partial charge in [-0.15, -0.1) is 0 Å². The first-order valence-corrected chi connectivity index (χ1v) is 7.99. The standard InChI is InChI=1S/C15H23BrN4O/c1-17-15(18-8-10-21-2)19-12-7-9-20(11-12)14-6-4-3-5-13(14)16/h3-6,12H,7-11H2,1-2H3,(H2,17,18,19). The van der Waals surface area contributed by atoms with Crippen LogP contribution >= 0.6 is 15.9 Å². The van der Waals surface area contributed by atoms with Gasteiger partial charge in [0.1, 0.15) is 0 Å². The third-order valence-corrected chi connectivity index (χ3v) is 4.22. The number of nitrogens with one attached hydrogen (secondary N) is 2. The highest BCUT2D eigenvalue weighted by Gasteiger charge is 2.24. The summed E-state index contributed by atoms with van der Waals surface area (Å²) in [5.74, 6) is 0.839. The Balaban J connectivity index is 1.86. The predicted molar refractivity (Wildman–Crippen MR) is 91.1 cm³/mol. The molecule has 0 aliphatic carbocycles. The van der Waals surface area contributed by atoms with Gasteiger partial charge in [-0.2, -0.15) is 0 Å². The highest BCUT2D eigenvalue weighted by atomic mass is 79.9. The van der Waals surface area contributed by atoms with E-state index in [4.69, 9.17) is 4.74 Å². The number of nitrogens with zero attached hydrogens (tertiary/aromatic N) is 2. The molecule has 6 heteroatoms. The summed E-state index contributed by atoms with van der Waals surface area (Å²) >= 11 is 3.62. The second-order valence-electron chi connectivity index (χ2n) is 5.02. The van der Waals surface area contributed by atoms with E-state index in [1.54, 1.807) is 14.2 Å². The fourth-order valence-corrected chi connectivity index (χ4v) is 3.00. The lowest BCUT2D eigenvalue weighted by atomic mass is 10.3. The lowest BCUT2D eigenvalue weighted by molar-refractivity contribution is 0.203. The summed E-state index contributed by atoms with van der Waals surface area (Å²) < 4.78 is 6.18. The number of hydrogen-bond acceptors (Lipinski definition) is 3. The number of hydrogen-bond donors (Lipinski definition) is 2. The molecule has 0 saturated carbocycles. The zero-order valence-electron chi connectivity index (χ0n) is 12.6. The van der Waals surface area contributed by atoms with Crippen molar-refractivity contribution >= 4 is 27.6 Å². The molecule has 0 radical (unpaired) electrons. The van der Waals surface area contributed by atoms with Gasteiger partial charge in [-0.3, -0.25) is 4.99 Å². The van der Waals surface area contributed by atoms with Crippen molar-refractivity contribution in [3.63, 3.8) is 0 Å². The van der Waals surface area contributed by atoms with Gasteiger partial charge in [-0.05, 0) is 34.5 Å². The number of aliphatic imine (C=N–C) groups is 1. The Hall–Kier alpha value is -1.27. The van der Waals surface area contributed by atoms with Gasteiger partial charge >= 0.3 is 0 Å². The number of benzene rings is 1. The molecule has 116 valence electrons. The van der Waals surface area contributed by atoms with Crippen LogP contribution < -0.4 is 15.5 Å². The summed E-state index contributed by atoms with van der Waals surface area (Å²) in [6, 6.07) is 8.76. The number of ether oxygens (including phenoxy) is 1. The summed E-state index contributed by atoms with van der Waals surface area (Å²) in [5.41, 5.74) is 1.25. The Labute approximate surface area is 134 Å². The minimum absolute atomic E-state index is 0.408. The fraction of sp³-hybridized carbons (Fsp3) is 0.533. The number of halogens is 1. The van der Waals surface area contributed by atoms with Crippen LogP contribution in [0, 0.1) is 0 Å². The average molecular weight is 355 g/mol. The third kappa shape index (κ3) is 4.61. The predicted octanol–water partition coefficient (Wildman–Crippen LogP) is 1.84. The molecule has 1 unspecified atom stereocenters. The lowest BCUT2D eigenvalue weighted by Crippen LogP contribution is -2.45. The molecule has 5 nitrogen and oxygen atoms in total. The maximum atomic E-state index is 5.04. The molecule has 0 bridgehead atoms. The molecule has 1 fully saturated rings. The molecule has 1 aliphatic rings. The number of anilines is 1. The Morgan fingerprint density at radius 1 is 1.48 bits per heavy atom. The largest absolute Gasteiger partial charge is 0.383 e. The highest BCUT2D eigenvalue weighted by molar-refractivity contribution is 9.10. The summed E-state index contributed by atoms with van der Waals surface area (Å²) in [7, 11) is 3.49. The number of para-hydroxylation sites is 1. The number of rotatable bonds is 5. The molecule has 1 aromatic rings. The smallest absolute Gasteiger partial charge is 0.191 e. The molecule has 1 saturated heterocycles. The minimum atomic E-state index is 0.408. The van der Waals surface area contributed by atoms with E-state index in [2.05, 4.69) is 54.7 Å². The van der Waals surface area contributed by atoms with E-state index >= 15 is 0 Å². The highest BCUT2D eigenvalue weighted by Crippen LogP contribution is 2.28. The first-order valence-electron chi connectivity index (χ1n) is 7.20. The molecule has 0 amide bonds. The summed E-state index contributed by atoms with van der Waals surface area (Å²) in [5, 5.41) is 6.72. The summed E-state index contributed by atoms with van der Waals surface area (Å²) in [6.07, 6.45) is 1.10. The van der Waals surface area contributed by atoms with E-state index in [1.807, 2.05) is 6.07 Å². The third-order valence-electron chi connectivity index (χ3n) is 3.54. The maximum absolute atomic E-state index is 5.04. The van der Waals surface area contributed by atoms with Crippen molar-refractivity contribution in [3.8, 4) is 0 Å². The van der Waals surface area contributed by atoms with Crippen molar-refractivity contribution in [2.45, 2.75) is 12.5 Å². The van der Waals surface area contributed by atoms with Gasteiger partial charge in [0.05, 0.1) is 12.3 Å². The van der Waals surface area contributed by atoms with Crippen LogP contribution in [0.25, 0.3) is 0 Å². The van der Waals surface area contributed by atoms with Crippen LogP contribution in [0.15, 0.2) is 33.7 Å². The first-order chi connectivity index (χ1) is 10.2. The number of guanidine groups is 1. The van der Waals surface area contributed by atoms with E-state index < -0.39 is 0 Å². The van der Waals surface area contributed by atoms with Crippen LogP contribution in [0.5, 0.6) is 0 Å². The Morgan fingerprint density at radius 2 is 2.29 bits per heavy atom. The van der Waals surface area contributed by atoms with Crippen molar-refractivity contribution in [3.05, 3.63) is 28.7 Å². The zero-order chi connectivity index (χ0) is 15.1. The quantitative estimate of drug-likeness (QED) is 0.481. The van der Waals surface area contributed by atoms with Crippen LogP contribution in [-0.4, -0.2) is 52.4 Å². The molecular formula is C15H23BrN4O. The van der Waals surface area contributed by atoms with Crippen LogP contribution in [0.1, 0.15) is 6.42 Å². The molecule has 2 rings (SSSR count). The Bertz CT molecular complexity index is 480. The van der Waals surface area contributed by atoms with Crippen LogP contribution in [0.3, 0.4) is 0 Å². The van der Waals surface area contributed by atoms with Gasteiger partial charge in [-0.1, -0.05) is 12.1 Å². The Kier molecular flexibility index (Phi) is 6.32. The van der Waals surface area contributed by atoms with Crippen molar-refractivity contribution in [1.29, 1.82) is 0 Å². The molecule has 1 aliphatic heterocycles. The SMILES string of the molecule is CN=C(NCCOC)NC1CCN(c2ccccc2Br)C1. The van der Waals surface area contributed by atoms with Gasteiger partial charge in [0.2, 0.25) is 0 Å². The van der Waals surface area contributed by atoms with Crippen LogP contribution in [0.4, 0.5) is 5.69 Å². The van der Waals surface area contributed by atoms with Crippen molar-refractivity contribution in [1.82, 2.24) is 10.6 Å². The van der Waals surface area contributed by atoms with E-state index in [9.17, 15) is 0 Å². The van der Waals surface area contributed by atoms with Gasteiger partial charge in [0.15, 0.2) is 5.96 Å². The molecule has 0 spiro atoms. The normalized spacial score (nSPS) is 18.9. The molecular weight excluding hydrogens is 332 g/mol. The van der Waals surface area contributed by atoms with E-state index in [0.717, 1.165) is 36.5 Å². The second-order valence-corrected chi connectivity index (χ2v) is 5.87. The lowest BCUT2D eigenvalue weighted by Gasteiger charge is -2.21. The molecule has 0 aromatic heterocycles. The van der Waals surface area contributed by atoms with E-state index in [-0.39, 0.29) is 0 Å². The van der Waals surface area contributed by atoms with Crippen molar-refractivity contribution in [2.24, 2.45) is 4.99 Å². The summed E-state index contributed by atoms with van der Waals surface area (Å²) in [4.78, 5) is 6.64. The zero-order valence-corrected chi connectivity index (χ0v) is 14.2. The van der Waals surface area contributed by atoms with Crippen LogP contribution in [-0.2, 0) is 4.74 Å². The van der Waals surface area contributed by atoms with Crippen molar-refractivity contribution < 1.29 is 4.74 Å². The second kappa shape index (κ2) is 8.24. The molecule has 2 N–H and O–H groups in total. The van der Waals surface area contributed by atoms with Gasteiger partial charge in [0, 0.05) is 44.3 Å². The Morgan fingerprint density at radius 3 is 3.00 bits per heavy atom. The fourth-order valence-electron chi connectivity index (χ4n) is 2.46. The van der Waals surface area contributed by atoms with E-state index in [0.29, 0.717) is 12.6 Å². The number of methoxy groups -OCH3 is 1. The van der Waals surface area contributed by atoms with Crippen LogP contribution in [0.2, 0.25) is 0 Å². The molecule has 1 atom stereocenters. The summed E-state index contributed by atoms with van der Waals surface area (Å²) in [6.45, 7) is 3.47. The first kappa shape index (κ1) is 16.1. The van der Waals surface area contributed by atoms with Gasteiger partial charge in [-0.25, -0.2) is 0 Å². The molecule has 1 aromatic carbocycles.